The van der Waals surface area contributed by atoms with Crippen molar-refractivity contribution >= 4 is 27.4 Å². The average Bonchev–Trinajstić information content (AvgIpc) is 2.54. The monoisotopic (exact) mass is 387 g/mol. The van der Waals surface area contributed by atoms with Gasteiger partial charge in [-0.15, -0.1) is 0 Å². The number of alkyl halides is 3. The van der Waals surface area contributed by atoms with E-state index in [1.807, 2.05) is 0 Å². The summed E-state index contributed by atoms with van der Waals surface area (Å²) in [6, 6.07) is 9.35. The number of esters is 1. The number of sulfonamides is 1. The maximum absolute atomic E-state index is 12.7. The van der Waals surface area contributed by atoms with Crippen molar-refractivity contribution in [3.05, 3.63) is 59.7 Å². The number of rotatable bonds is 5. The highest BCUT2D eigenvalue weighted by Gasteiger charge is 2.31. The van der Waals surface area contributed by atoms with Crippen LogP contribution in [0.25, 0.3) is 0 Å². The van der Waals surface area contributed by atoms with Gasteiger partial charge in [-0.05, 0) is 49.4 Å². The Morgan fingerprint density at radius 1 is 1.08 bits per heavy atom. The van der Waals surface area contributed by atoms with Crippen LogP contribution in [-0.4, -0.2) is 27.2 Å². The topological polar surface area (TPSA) is 63.7 Å². The molecule has 0 N–H and O–H groups in total. The second-order valence-corrected chi connectivity index (χ2v) is 7.17. The van der Waals surface area contributed by atoms with Crippen molar-refractivity contribution in [1.29, 1.82) is 0 Å². The Morgan fingerprint density at radius 3 is 2.19 bits per heavy atom. The van der Waals surface area contributed by atoms with Crippen molar-refractivity contribution in [2.45, 2.75) is 13.1 Å². The van der Waals surface area contributed by atoms with Crippen LogP contribution in [0.1, 0.15) is 22.8 Å². The fourth-order valence-electron chi connectivity index (χ4n) is 2.29. The van der Waals surface area contributed by atoms with Crippen molar-refractivity contribution in [2.75, 3.05) is 17.2 Å². The molecule has 0 aromatic heterocycles. The number of anilines is 2. The van der Waals surface area contributed by atoms with Gasteiger partial charge in [-0.1, -0.05) is 6.07 Å². The number of benzene rings is 2. The van der Waals surface area contributed by atoms with E-state index in [1.165, 1.54) is 24.3 Å². The summed E-state index contributed by atoms with van der Waals surface area (Å²) in [7, 11) is -3.87. The zero-order valence-electron chi connectivity index (χ0n) is 13.9. The Balaban J connectivity index is 2.50. The van der Waals surface area contributed by atoms with Crippen LogP contribution in [-0.2, 0) is 20.9 Å². The number of hydrogen-bond donors (Lipinski definition) is 0. The van der Waals surface area contributed by atoms with Gasteiger partial charge < -0.3 is 4.74 Å². The molecule has 2 aromatic carbocycles. The zero-order valence-corrected chi connectivity index (χ0v) is 14.8. The number of halogens is 3. The molecule has 140 valence electrons. The Kier molecular flexibility index (Phi) is 5.60. The quantitative estimate of drug-likeness (QED) is 0.728. The molecule has 0 saturated heterocycles. The second kappa shape index (κ2) is 7.36. The standard InChI is InChI=1S/C17H16F3NO4S/c1-3-25-16(22)12-5-4-6-15(11-12)21(26(2,23)24)14-9-7-13(8-10-14)17(18,19)20/h4-11H,3H2,1-2H3. The average molecular weight is 387 g/mol. The van der Waals surface area contributed by atoms with E-state index in [0.29, 0.717) is 0 Å². The van der Waals surface area contributed by atoms with Crippen LogP contribution < -0.4 is 4.31 Å². The zero-order chi connectivity index (χ0) is 19.5. The molecule has 0 heterocycles. The normalized spacial score (nSPS) is 11.9. The Morgan fingerprint density at radius 2 is 1.69 bits per heavy atom. The maximum Gasteiger partial charge on any atom is 0.416 e. The molecule has 0 aliphatic carbocycles. The van der Waals surface area contributed by atoms with Crippen LogP contribution in [0.15, 0.2) is 48.5 Å². The lowest BCUT2D eigenvalue weighted by atomic mass is 10.1. The third-order valence-electron chi connectivity index (χ3n) is 3.35. The van der Waals surface area contributed by atoms with E-state index in [-0.39, 0.29) is 23.5 Å². The van der Waals surface area contributed by atoms with Gasteiger partial charge in [-0.2, -0.15) is 13.2 Å². The molecule has 0 fully saturated rings. The first-order valence-corrected chi connectivity index (χ1v) is 9.33. The third-order valence-corrected chi connectivity index (χ3v) is 4.44. The van der Waals surface area contributed by atoms with Gasteiger partial charge in [-0.3, -0.25) is 0 Å². The highest BCUT2D eigenvalue weighted by molar-refractivity contribution is 7.92. The molecule has 0 amide bonds. The molecule has 0 aliphatic heterocycles. The molecule has 0 radical (unpaired) electrons. The van der Waals surface area contributed by atoms with Gasteiger partial charge in [-0.25, -0.2) is 17.5 Å². The lowest BCUT2D eigenvalue weighted by Crippen LogP contribution is -2.25. The van der Waals surface area contributed by atoms with Gasteiger partial charge in [0.05, 0.1) is 35.4 Å². The van der Waals surface area contributed by atoms with Crippen molar-refractivity contribution in [3.63, 3.8) is 0 Å². The summed E-state index contributed by atoms with van der Waals surface area (Å²) < 4.78 is 68.3. The van der Waals surface area contributed by atoms with E-state index in [2.05, 4.69) is 0 Å². The predicted molar refractivity (Wildman–Crippen MR) is 90.8 cm³/mol. The molecule has 0 atom stereocenters. The van der Waals surface area contributed by atoms with Gasteiger partial charge in [0.1, 0.15) is 0 Å². The van der Waals surface area contributed by atoms with E-state index >= 15 is 0 Å². The summed E-state index contributed by atoms with van der Waals surface area (Å²) in [5.41, 5.74) is -0.640. The molecule has 5 nitrogen and oxygen atoms in total. The first-order chi connectivity index (χ1) is 12.0. The Hall–Kier alpha value is -2.55. The summed E-state index contributed by atoms with van der Waals surface area (Å²) in [5.74, 6) is -0.629. The molecule has 0 aliphatic rings. The van der Waals surface area contributed by atoms with Crippen LogP contribution in [0.5, 0.6) is 0 Å². The van der Waals surface area contributed by atoms with Gasteiger partial charge in [0.15, 0.2) is 0 Å². The van der Waals surface area contributed by atoms with Gasteiger partial charge >= 0.3 is 12.1 Å². The maximum atomic E-state index is 12.7. The first-order valence-electron chi connectivity index (χ1n) is 7.49. The molecular weight excluding hydrogens is 371 g/mol. The van der Waals surface area contributed by atoms with Crippen LogP contribution in [0, 0.1) is 0 Å². The third kappa shape index (κ3) is 4.54. The van der Waals surface area contributed by atoms with Crippen molar-refractivity contribution in [1.82, 2.24) is 0 Å². The molecule has 0 saturated carbocycles. The SMILES string of the molecule is CCOC(=O)c1cccc(N(c2ccc(C(F)(F)F)cc2)S(C)(=O)=O)c1. The van der Waals surface area contributed by atoms with Gasteiger partial charge in [0.2, 0.25) is 10.0 Å². The number of nitrogens with zero attached hydrogens (tertiary/aromatic N) is 1. The fraction of sp³-hybridized carbons (Fsp3) is 0.235. The molecule has 9 heteroatoms. The van der Waals surface area contributed by atoms with Crippen LogP contribution in [0.3, 0.4) is 0 Å². The summed E-state index contributed by atoms with van der Waals surface area (Å²) in [6.07, 6.45) is -3.61. The van der Waals surface area contributed by atoms with E-state index in [4.69, 9.17) is 4.74 Å². The molecule has 2 rings (SSSR count). The smallest absolute Gasteiger partial charge is 0.416 e. The summed E-state index contributed by atoms with van der Waals surface area (Å²) in [4.78, 5) is 11.8. The van der Waals surface area contributed by atoms with Crippen LogP contribution >= 0.6 is 0 Å². The number of ether oxygens (including phenoxy) is 1. The molecule has 0 unspecified atom stereocenters. The molecule has 26 heavy (non-hydrogen) atoms. The van der Waals surface area contributed by atoms with E-state index in [1.54, 1.807) is 6.92 Å². The summed E-state index contributed by atoms with van der Waals surface area (Å²) >= 11 is 0. The molecule has 0 bridgehead atoms. The fourth-order valence-corrected chi connectivity index (χ4v) is 3.29. The number of carbonyl (C=O) groups is 1. The highest BCUT2D eigenvalue weighted by Crippen LogP contribution is 2.33. The number of hydrogen-bond acceptors (Lipinski definition) is 4. The van der Waals surface area contributed by atoms with Crippen molar-refractivity contribution < 1.29 is 31.1 Å². The lowest BCUT2D eigenvalue weighted by molar-refractivity contribution is -0.137. The van der Waals surface area contributed by atoms with Gasteiger partial charge in [0, 0.05) is 0 Å². The first kappa shape index (κ1) is 19.8. The van der Waals surface area contributed by atoms with Crippen LogP contribution in [0.2, 0.25) is 0 Å². The Labute approximate surface area is 149 Å². The van der Waals surface area contributed by atoms with E-state index in [9.17, 15) is 26.4 Å². The minimum absolute atomic E-state index is 0.0153. The predicted octanol–water partition coefficient (Wildman–Crippen LogP) is 3.98. The number of carbonyl (C=O) groups excluding carboxylic acids is 1. The minimum atomic E-state index is -4.53. The lowest BCUT2D eigenvalue weighted by Gasteiger charge is -2.23. The van der Waals surface area contributed by atoms with Crippen LogP contribution in [0.4, 0.5) is 24.5 Å². The largest absolute Gasteiger partial charge is 0.462 e. The molecular formula is C17H16F3NO4S. The molecule has 0 spiro atoms. The Bertz CT molecular complexity index is 893. The minimum Gasteiger partial charge on any atom is -0.462 e. The van der Waals surface area contributed by atoms with Crippen molar-refractivity contribution in [3.8, 4) is 0 Å². The molecule has 2 aromatic rings. The van der Waals surface area contributed by atoms with Crippen molar-refractivity contribution in [2.24, 2.45) is 0 Å². The summed E-state index contributed by atoms with van der Waals surface area (Å²) in [5, 5.41) is 0. The second-order valence-electron chi connectivity index (χ2n) is 5.34. The van der Waals surface area contributed by atoms with E-state index in [0.717, 1.165) is 34.8 Å². The highest BCUT2D eigenvalue weighted by atomic mass is 32.2. The van der Waals surface area contributed by atoms with E-state index < -0.39 is 27.7 Å². The van der Waals surface area contributed by atoms with Gasteiger partial charge in [0.25, 0.3) is 0 Å². The summed E-state index contributed by atoms with van der Waals surface area (Å²) in [6.45, 7) is 1.78.